The second kappa shape index (κ2) is 6.48. The molecule has 1 atom stereocenters. The SMILES string of the molecule is C=CCn1c(S[C@@H]2CCOC2=O)nc2cc(C(=O)[O-])ccc2c1=O. The van der Waals surface area contributed by atoms with Crippen molar-refractivity contribution in [2.75, 3.05) is 6.61 Å². The summed E-state index contributed by atoms with van der Waals surface area (Å²) in [6.07, 6.45) is 2.09. The zero-order chi connectivity index (χ0) is 17.3. The molecule has 7 nitrogen and oxygen atoms in total. The highest BCUT2D eigenvalue weighted by Crippen LogP contribution is 2.28. The minimum atomic E-state index is -1.34. The van der Waals surface area contributed by atoms with Gasteiger partial charge in [0.05, 0.1) is 23.5 Å². The Hall–Kier alpha value is -2.61. The van der Waals surface area contributed by atoms with Gasteiger partial charge in [-0.05, 0) is 17.7 Å². The van der Waals surface area contributed by atoms with Crippen LogP contribution >= 0.6 is 11.8 Å². The van der Waals surface area contributed by atoms with Gasteiger partial charge in [0.2, 0.25) is 0 Å². The number of hydrogen-bond acceptors (Lipinski definition) is 7. The van der Waals surface area contributed by atoms with Gasteiger partial charge in [0.25, 0.3) is 5.56 Å². The van der Waals surface area contributed by atoms with Crippen LogP contribution in [0, 0.1) is 0 Å². The fourth-order valence-corrected chi connectivity index (χ4v) is 3.49. The first-order valence-electron chi connectivity index (χ1n) is 7.21. The number of carboxylic acids is 1. The number of carboxylic acid groups (broad SMARTS) is 1. The number of aromatic nitrogens is 2. The Kier molecular flexibility index (Phi) is 4.39. The van der Waals surface area contributed by atoms with E-state index in [0.29, 0.717) is 23.6 Å². The van der Waals surface area contributed by atoms with E-state index in [1.54, 1.807) is 6.08 Å². The van der Waals surface area contributed by atoms with Gasteiger partial charge < -0.3 is 14.6 Å². The standard InChI is InChI=1S/C16H14N2O5S/c1-2-6-18-13(19)10-4-3-9(14(20)21)8-11(10)17-16(18)24-12-5-7-23-15(12)22/h2-4,8,12H,1,5-7H2,(H,20,21)/p-1/t12-/m1/s1. The number of esters is 1. The van der Waals surface area contributed by atoms with Gasteiger partial charge in [0.1, 0.15) is 5.25 Å². The maximum Gasteiger partial charge on any atom is 0.319 e. The van der Waals surface area contributed by atoms with Crippen LogP contribution in [0.15, 0.2) is 40.8 Å². The highest BCUT2D eigenvalue weighted by Gasteiger charge is 2.29. The van der Waals surface area contributed by atoms with Crippen LogP contribution in [0.1, 0.15) is 16.8 Å². The molecule has 0 spiro atoms. The molecule has 24 heavy (non-hydrogen) atoms. The highest BCUT2D eigenvalue weighted by molar-refractivity contribution is 8.00. The average Bonchev–Trinajstić information content (AvgIpc) is 2.95. The Morgan fingerprint density at radius 3 is 2.92 bits per heavy atom. The Balaban J connectivity index is 2.15. The number of thioether (sulfide) groups is 1. The van der Waals surface area contributed by atoms with E-state index in [4.69, 9.17) is 4.74 Å². The van der Waals surface area contributed by atoms with Crippen LogP contribution in [0.25, 0.3) is 10.9 Å². The monoisotopic (exact) mass is 345 g/mol. The molecule has 1 aromatic carbocycles. The number of benzene rings is 1. The van der Waals surface area contributed by atoms with Gasteiger partial charge >= 0.3 is 5.97 Å². The van der Waals surface area contributed by atoms with E-state index in [1.807, 2.05) is 0 Å². The van der Waals surface area contributed by atoms with Gasteiger partial charge in [0, 0.05) is 13.0 Å². The topological polar surface area (TPSA) is 101 Å². The third kappa shape index (κ3) is 2.92. The molecule has 0 aliphatic carbocycles. The molecule has 1 aliphatic rings. The van der Waals surface area contributed by atoms with Gasteiger partial charge in [-0.15, -0.1) is 6.58 Å². The molecule has 0 radical (unpaired) electrons. The fraction of sp³-hybridized carbons (Fsp3) is 0.250. The zero-order valence-electron chi connectivity index (χ0n) is 12.6. The lowest BCUT2D eigenvalue weighted by Crippen LogP contribution is -2.25. The minimum absolute atomic E-state index is 0.0629. The number of hydrogen-bond donors (Lipinski definition) is 0. The van der Waals surface area contributed by atoms with Crippen molar-refractivity contribution in [2.24, 2.45) is 0 Å². The molecule has 0 N–H and O–H groups in total. The molecule has 8 heteroatoms. The largest absolute Gasteiger partial charge is 0.545 e. The molecule has 1 aliphatic heterocycles. The predicted octanol–water partition coefficient (Wildman–Crippen LogP) is 0.354. The summed E-state index contributed by atoms with van der Waals surface area (Å²) in [5, 5.41) is 11.2. The van der Waals surface area contributed by atoms with Crippen molar-refractivity contribution in [3.63, 3.8) is 0 Å². The summed E-state index contributed by atoms with van der Waals surface area (Å²) < 4.78 is 6.33. The number of ether oxygens (including phenoxy) is 1. The summed E-state index contributed by atoms with van der Waals surface area (Å²) >= 11 is 1.14. The number of rotatable bonds is 5. The molecule has 0 bridgehead atoms. The van der Waals surface area contributed by atoms with Crippen LogP contribution in [-0.4, -0.2) is 33.3 Å². The van der Waals surface area contributed by atoms with Crippen LogP contribution in [-0.2, 0) is 16.1 Å². The molecular formula is C16H13N2O5S-. The lowest BCUT2D eigenvalue weighted by Gasteiger charge is -2.13. The zero-order valence-corrected chi connectivity index (χ0v) is 13.4. The second-order valence-corrected chi connectivity index (χ2v) is 6.35. The molecule has 0 unspecified atom stereocenters. The van der Waals surface area contributed by atoms with Gasteiger partial charge in [-0.1, -0.05) is 23.9 Å². The molecule has 1 saturated heterocycles. The van der Waals surface area contributed by atoms with Crippen molar-refractivity contribution in [1.29, 1.82) is 0 Å². The number of allylic oxidation sites excluding steroid dienone is 1. The Labute approximate surface area is 141 Å². The van der Waals surface area contributed by atoms with Crippen LogP contribution in [0.2, 0.25) is 0 Å². The predicted molar refractivity (Wildman–Crippen MR) is 85.8 cm³/mol. The molecule has 2 heterocycles. The second-order valence-electron chi connectivity index (χ2n) is 5.18. The normalized spacial score (nSPS) is 17.0. The molecular weight excluding hydrogens is 332 g/mol. The van der Waals surface area contributed by atoms with Crippen molar-refractivity contribution >= 4 is 34.6 Å². The van der Waals surface area contributed by atoms with Crippen LogP contribution in [0.5, 0.6) is 0 Å². The smallest absolute Gasteiger partial charge is 0.319 e. The van der Waals surface area contributed by atoms with Crippen molar-refractivity contribution in [1.82, 2.24) is 9.55 Å². The van der Waals surface area contributed by atoms with Crippen LogP contribution < -0.4 is 10.7 Å². The third-order valence-electron chi connectivity index (χ3n) is 3.60. The first kappa shape index (κ1) is 16.3. The number of nitrogens with zero attached hydrogens (tertiary/aromatic N) is 2. The van der Waals surface area contributed by atoms with E-state index in [-0.39, 0.29) is 29.2 Å². The van der Waals surface area contributed by atoms with E-state index >= 15 is 0 Å². The number of carbonyl (C=O) groups excluding carboxylic acids is 2. The van der Waals surface area contributed by atoms with Gasteiger partial charge in [-0.3, -0.25) is 14.2 Å². The van der Waals surface area contributed by atoms with E-state index in [1.165, 1.54) is 22.8 Å². The molecule has 1 fully saturated rings. The van der Waals surface area contributed by atoms with E-state index in [0.717, 1.165) is 11.8 Å². The van der Waals surface area contributed by atoms with Gasteiger partial charge in [-0.2, -0.15) is 0 Å². The summed E-state index contributed by atoms with van der Waals surface area (Å²) in [4.78, 5) is 39.7. The van der Waals surface area contributed by atoms with Gasteiger partial charge in [0.15, 0.2) is 5.16 Å². The van der Waals surface area contributed by atoms with Crippen molar-refractivity contribution in [2.45, 2.75) is 23.4 Å². The van der Waals surface area contributed by atoms with E-state index < -0.39 is 11.2 Å². The summed E-state index contributed by atoms with van der Waals surface area (Å²) in [6.45, 7) is 4.20. The molecule has 2 aromatic rings. The van der Waals surface area contributed by atoms with Gasteiger partial charge in [-0.25, -0.2) is 4.98 Å². The molecule has 0 amide bonds. The van der Waals surface area contributed by atoms with E-state index in [2.05, 4.69) is 11.6 Å². The fourth-order valence-electron chi connectivity index (χ4n) is 2.42. The van der Waals surface area contributed by atoms with Crippen LogP contribution in [0.4, 0.5) is 0 Å². The van der Waals surface area contributed by atoms with Crippen molar-refractivity contribution < 1.29 is 19.4 Å². The average molecular weight is 345 g/mol. The number of aromatic carboxylic acids is 1. The molecule has 0 saturated carbocycles. The van der Waals surface area contributed by atoms with Crippen molar-refractivity contribution in [3.05, 3.63) is 46.8 Å². The molecule has 3 rings (SSSR count). The Morgan fingerprint density at radius 1 is 1.50 bits per heavy atom. The number of fused-ring (bicyclic) bond motifs is 1. The lowest BCUT2D eigenvalue weighted by molar-refractivity contribution is -0.255. The first-order valence-corrected chi connectivity index (χ1v) is 8.09. The maximum atomic E-state index is 12.7. The highest BCUT2D eigenvalue weighted by atomic mass is 32.2. The maximum absolute atomic E-state index is 12.7. The van der Waals surface area contributed by atoms with Crippen LogP contribution in [0.3, 0.4) is 0 Å². The summed E-state index contributed by atoms with van der Waals surface area (Å²) in [5.41, 5.74) is -0.137. The third-order valence-corrected chi connectivity index (χ3v) is 4.84. The minimum Gasteiger partial charge on any atom is -0.545 e. The Bertz CT molecular complexity index is 905. The summed E-state index contributed by atoms with van der Waals surface area (Å²) in [5.74, 6) is -1.69. The summed E-state index contributed by atoms with van der Waals surface area (Å²) in [7, 11) is 0. The number of cyclic esters (lactones) is 1. The Morgan fingerprint density at radius 2 is 2.29 bits per heavy atom. The summed E-state index contributed by atoms with van der Waals surface area (Å²) in [6, 6.07) is 4.01. The molecule has 1 aromatic heterocycles. The number of carbonyl (C=O) groups is 2. The van der Waals surface area contributed by atoms with E-state index in [9.17, 15) is 19.5 Å². The molecule has 124 valence electrons. The first-order chi connectivity index (χ1) is 11.5. The van der Waals surface area contributed by atoms with Crippen molar-refractivity contribution in [3.8, 4) is 0 Å². The lowest BCUT2D eigenvalue weighted by atomic mass is 10.1. The quantitative estimate of drug-likeness (QED) is 0.438.